The molecule has 1 aliphatic carbocycles. The van der Waals surface area contributed by atoms with E-state index >= 15 is 0 Å². The van der Waals surface area contributed by atoms with E-state index in [4.69, 9.17) is 20.7 Å². The summed E-state index contributed by atoms with van der Waals surface area (Å²) in [5.74, 6) is 1.98. The first kappa shape index (κ1) is 22.8. The van der Waals surface area contributed by atoms with Crippen molar-refractivity contribution in [2.24, 2.45) is 16.1 Å². The van der Waals surface area contributed by atoms with E-state index in [1.54, 1.807) is 0 Å². The van der Waals surface area contributed by atoms with Gasteiger partial charge in [-0.15, -0.1) is 0 Å². The molecule has 8 rings (SSSR count). The van der Waals surface area contributed by atoms with Crippen LogP contribution in [0.15, 0.2) is 53.8 Å². The van der Waals surface area contributed by atoms with Gasteiger partial charge in [-0.2, -0.15) is 0 Å². The van der Waals surface area contributed by atoms with Gasteiger partial charge in [0.05, 0.1) is 29.8 Å². The average molecular weight is 494 g/mol. The fourth-order valence-electron chi connectivity index (χ4n) is 7.86. The summed E-state index contributed by atoms with van der Waals surface area (Å²) in [5.41, 5.74) is 14.2. The molecule has 0 amide bonds. The van der Waals surface area contributed by atoms with Crippen LogP contribution in [0.2, 0.25) is 0 Å². The Morgan fingerprint density at radius 1 is 0.973 bits per heavy atom. The minimum absolute atomic E-state index is 0. The van der Waals surface area contributed by atoms with Gasteiger partial charge in [0.15, 0.2) is 5.84 Å². The van der Waals surface area contributed by atoms with Crippen molar-refractivity contribution in [2.45, 2.75) is 77.0 Å². The molecule has 190 valence electrons. The second-order valence-electron chi connectivity index (χ2n) is 11.3. The van der Waals surface area contributed by atoms with Gasteiger partial charge in [0, 0.05) is 30.9 Å². The number of pyridine rings is 1. The van der Waals surface area contributed by atoms with Gasteiger partial charge in [0.2, 0.25) is 0 Å². The summed E-state index contributed by atoms with van der Waals surface area (Å²) in [4.78, 5) is 24.5. The molecule has 37 heavy (non-hydrogen) atoms. The molecule has 5 aliphatic rings. The van der Waals surface area contributed by atoms with Crippen molar-refractivity contribution in [1.29, 1.82) is 0 Å². The van der Waals surface area contributed by atoms with E-state index in [-0.39, 0.29) is 18.9 Å². The molecule has 4 atom stereocenters. The van der Waals surface area contributed by atoms with E-state index in [0.29, 0.717) is 18.6 Å². The molecule has 1 spiro atoms. The smallest absolute Gasteiger partial charge is 0.156 e. The van der Waals surface area contributed by atoms with Crippen LogP contribution in [0.1, 0.15) is 73.8 Å². The number of nitrogens with two attached hydrogens (primary N) is 1. The topological polar surface area (TPSA) is 83.5 Å². The third-order valence-corrected chi connectivity index (χ3v) is 9.39. The van der Waals surface area contributed by atoms with Crippen LogP contribution in [0.5, 0.6) is 0 Å². The number of nitrogens with zero attached hydrogens (tertiary/aromatic N) is 6. The normalized spacial score (nSPS) is 29.0. The number of anilines is 2. The monoisotopic (exact) mass is 493 g/mol. The van der Waals surface area contributed by atoms with Crippen molar-refractivity contribution >= 4 is 17.3 Å². The third-order valence-electron chi connectivity index (χ3n) is 9.39. The lowest BCUT2D eigenvalue weighted by atomic mass is 9.70. The van der Waals surface area contributed by atoms with Crippen LogP contribution in [-0.4, -0.2) is 39.4 Å². The van der Waals surface area contributed by atoms with E-state index in [2.05, 4.69) is 45.1 Å². The molecule has 2 aromatic heterocycles. The summed E-state index contributed by atoms with van der Waals surface area (Å²) in [6.07, 6.45) is 11.8. The highest BCUT2D eigenvalue weighted by Crippen LogP contribution is 2.57. The zero-order valence-corrected chi connectivity index (χ0v) is 20.5. The molecule has 1 aromatic carbocycles. The molecule has 2 N–H and O–H groups in total. The standard InChI is InChI=1S/C29H31N7.CH4/c30-27-21-6-2-1-5-18(21)13-29(27)14-19-9-10-20(15-29)36(19)25-17-32-26-23(34-25)16-33-28(26)35-12-4-7-22-24(35)8-3-11-31-22;/h1-3,5-6,8,11,17,19-20,27H,4,7,9-10,12-16,30H2;1H4/t19-,20+,27-,29?;/m1./s1. The highest BCUT2D eigenvalue weighted by Gasteiger charge is 2.54. The molecule has 0 radical (unpaired) electrons. The van der Waals surface area contributed by atoms with Gasteiger partial charge in [-0.3, -0.25) is 9.98 Å². The highest BCUT2D eigenvalue weighted by atomic mass is 15.3. The summed E-state index contributed by atoms with van der Waals surface area (Å²) >= 11 is 0. The molecule has 7 heteroatoms. The molecule has 4 aliphatic heterocycles. The lowest BCUT2D eigenvalue weighted by Gasteiger charge is -2.47. The van der Waals surface area contributed by atoms with Crippen molar-refractivity contribution in [3.05, 3.63) is 77.0 Å². The SMILES string of the molecule is C.N[C@@H]1c2ccccc2CC12C[C@H]1CC[C@@H](C2)N1c1cnc2c(n1)CN=C2N1CCCc2ncccc21. The number of rotatable bonds is 1. The van der Waals surface area contributed by atoms with E-state index in [1.165, 1.54) is 24.0 Å². The molecule has 2 fully saturated rings. The highest BCUT2D eigenvalue weighted by molar-refractivity contribution is 6.11. The number of hydrogen-bond acceptors (Lipinski definition) is 7. The fourth-order valence-corrected chi connectivity index (χ4v) is 7.86. The van der Waals surface area contributed by atoms with Crippen molar-refractivity contribution in [3.8, 4) is 0 Å². The van der Waals surface area contributed by atoms with Crippen molar-refractivity contribution in [3.63, 3.8) is 0 Å². The second kappa shape index (κ2) is 8.35. The molecule has 3 aromatic rings. The van der Waals surface area contributed by atoms with Gasteiger partial charge in [-0.1, -0.05) is 31.7 Å². The number of aliphatic imine (C=N–C) groups is 1. The Morgan fingerprint density at radius 3 is 2.65 bits per heavy atom. The molecule has 2 saturated heterocycles. The van der Waals surface area contributed by atoms with Crippen LogP contribution in [0.25, 0.3) is 0 Å². The summed E-state index contributed by atoms with van der Waals surface area (Å²) in [6, 6.07) is 14.1. The maximum atomic E-state index is 6.92. The molecule has 2 bridgehead atoms. The Balaban J connectivity index is 0.00000231. The summed E-state index contributed by atoms with van der Waals surface area (Å²) in [5, 5.41) is 0. The quantitative estimate of drug-likeness (QED) is 0.534. The zero-order chi connectivity index (χ0) is 23.9. The van der Waals surface area contributed by atoms with Gasteiger partial charge >= 0.3 is 0 Å². The van der Waals surface area contributed by atoms with Crippen LogP contribution in [-0.2, 0) is 19.4 Å². The summed E-state index contributed by atoms with van der Waals surface area (Å²) < 4.78 is 0. The minimum atomic E-state index is 0. The molecule has 0 saturated carbocycles. The number of aromatic nitrogens is 3. The van der Waals surface area contributed by atoms with Gasteiger partial charge < -0.3 is 15.5 Å². The van der Waals surface area contributed by atoms with E-state index < -0.39 is 0 Å². The van der Waals surface area contributed by atoms with Crippen LogP contribution >= 0.6 is 0 Å². The Labute approximate surface area is 218 Å². The number of fused-ring (bicyclic) bond motifs is 5. The Bertz CT molecular complexity index is 1380. The first-order chi connectivity index (χ1) is 17.7. The first-order valence-electron chi connectivity index (χ1n) is 13.4. The van der Waals surface area contributed by atoms with E-state index in [9.17, 15) is 0 Å². The van der Waals surface area contributed by atoms with Crippen LogP contribution in [0.3, 0.4) is 0 Å². The molecular formula is C30H35N7. The molecule has 6 heterocycles. The number of aryl methyl sites for hydroxylation is 1. The third kappa shape index (κ3) is 3.29. The van der Waals surface area contributed by atoms with Gasteiger partial charge in [-0.25, -0.2) is 9.97 Å². The zero-order valence-electron chi connectivity index (χ0n) is 20.5. The van der Waals surface area contributed by atoms with E-state index in [1.807, 2.05) is 18.5 Å². The molecular weight excluding hydrogens is 458 g/mol. The lowest BCUT2D eigenvalue weighted by Crippen LogP contribution is -2.51. The van der Waals surface area contributed by atoms with Gasteiger partial charge in [-0.05, 0) is 73.6 Å². The van der Waals surface area contributed by atoms with Crippen LogP contribution in [0, 0.1) is 5.41 Å². The number of amidine groups is 1. The van der Waals surface area contributed by atoms with Crippen molar-refractivity contribution in [1.82, 2.24) is 15.0 Å². The summed E-state index contributed by atoms with van der Waals surface area (Å²) in [7, 11) is 0. The van der Waals surface area contributed by atoms with Crippen LogP contribution in [0.4, 0.5) is 11.5 Å². The largest absolute Gasteiger partial charge is 0.349 e. The maximum absolute atomic E-state index is 6.92. The molecule has 1 unspecified atom stereocenters. The first-order valence-corrected chi connectivity index (χ1v) is 13.4. The van der Waals surface area contributed by atoms with Gasteiger partial charge in [0.25, 0.3) is 0 Å². The maximum Gasteiger partial charge on any atom is 0.156 e. The summed E-state index contributed by atoms with van der Waals surface area (Å²) in [6.45, 7) is 1.55. The fraction of sp³-hybridized carbons (Fsp3) is 0.467. The minimum Gasteiger partial charge on any atom is -0.349 e. The molecule has 7 nitrogen and oxygen atoms in total. The number of piperidine rings is 1. The van der Waals surface area contributed by atoms with Gasteiger partial charge in [0.1, 0.15) is 11.5 Å². The second-order valence-corrected chi connectivity index (χ2v) is 11.3. The predicted molar refractivity (Wildman–Crippen MR) is 147 cm³/mol. The van der Waals surface area contributed by atoms with Crippen LogP contribution < -0.4 is 15.5 Å². The van der Waals surface area contributed by atoms with Crippen molar-refractivity contribution < 1.29 is 0 Å². The van der Waals surface area contributed by atoms with Crippen molar-refractivity contribution in [2.75, 3.05) is 16.3 Å². The Hall–Kier alpha value is -3.32. The Kier molecular flexibility index (Phi) is 5.15. The Morgan fingerprint density at radius 2 is 1.81 bits per heavy atom. The predicted octanol–water partition coefficient (Wildman–Crippen LogP) is 4.59. The number of benzene rings is 1. The number of hydrogen-bond donors (Lipinski definition) is 1. The lowest BCUT2D eigenvalue weighted by molar-refractivity contribution is 0.155. The van der Waals surface area contributed by atoms with E-state index in [0.717, 1.165) is 73.1 Å². The average Bonchev–Trinajstić information content (AvgIpc) is 3.54.